The number of hydrogen-bond acceptors (Lipinski definition) is 3. The van der Waals surface area contributed by atoms with Crippen LogP contribution in [0.25, 0.3) is 5.69 Å². The quantitative estimate of drug-likeness (QED) is 0.701. The van der Waals surface area contributed by atoms with E-state index < -0.39 is 0 Å². The van der Waals surface area contributed by atoms with Gasteiger partial charge in [0.25, 0.3) is 0 Å². The van der Waals surface area contributed by atoms with Crippen LogP contribution in [-0.2, 0) is 0 Å². The van der Waals surface area contributed by atoms with E-state index in [-0.39, 0.29) is 6.10 Å². The number of benzene rings is 1. The average molecular weight is 249 g/mol. The van der Waals surface area contributed by atoms with Crippen LogP contribution in [0.2, 0.25) is 0 Å². The molecule has 0 saturated carbocycles. The van der Waals surface area contributed by atoms with Gasteiger partial charge in [0.1, 0.15) is 5.75 Å². The van der Waals surface area contributed by atoms with Gasteiger partial charge in [-0.25, -0.2) is 4.98 Å². The van der Waals surface area contributed by atoms with Crippen molar-refractivity contribution in [3.63, 3.8) is 0 Å². The van der Waals surface area contributed by atoms with Crippen LogP contribution in [-0.4, -0.2) is 14.5 Å². The maximum absolute atomic E-state index is 6.06. The first-order valence-electron chi connectivity index (χ1n) is 6.12. The van der Waals surface area contributed by atoms with Crippen LogP contribution >= 0.6 is 0 Å². The minimum Gasteiger partial charge on any atom is -0.478 e. The Morgan fingerprint density at radius 3 is 2.84 bits per heavy atom. The Balaban J connectivity index is 1.81. The molecular weight excluding hydrogens is 238 g/mol. The molecule has 4 nitrogen and oxygen atoms in total. The van der Waals surface area contributed by atoms with Gasteiger partial charge in [-0.1, -0.05) is 18.2 Å². The molecule has 1 unspecified atom stereocenters. The molecule has 0 bridgehead atoms. The van der Waals surface area contributed by atoms with Gasteiger partial charge >= 0.3 is 0 Å². The molecule has 0 saturated heterocycles. The van der Waals surface area contributed by atoms with E-state index in [1.54, 1.807) is 12.4 Å². The predicted octanol–water partition coefficient (Wildman–Crippen LogP) is 2.75. The number of hydrogen-bond donors (Lipinski definition) is 0. The normalized spacial score (nSPS) is 15.9. The summed E-state index contributed by atoms with van der Waals surface area (Å²) in [5.74, 6) is 0.761. The zero-order valence-electron chi connectivity index (χ0n) is 10.1. The van der Waals surface area contributed by atoms with Gasteiger partial charge in [-0.15, -0.1) is 0 Å². The van der Waals surface area contributed by atoms with Crippen LogP contribution in [0.3, 0.4) is 0 Å². The highest BCUT2D eigenvalue weighted by atomic mass is 16.5. The topological polar surface area (TPSA) is 39.9 Å². The fourth-order valence-corrected chi connectivity index (χ4v) is 2.47. The molecule has 0 N–H and O–H groups in total. The van der Waals surface area contributed by atoms with Crippen molar-refractivity contribution in [2.24, 2.45) is 0 Å². The van der Waals surface area contributed by atoms with Gasteiger partial charge in [0, 0.05) is 11.8 Å². The molecule has 1 aromatic carbocycles. The number of nitrogens with zero attached hydrogens (tertiary/aromatic N) is 3. The summed E-state index contributed by atoms with van der Waals surface area (Å²) in [4.78, 5) is 8.28. The van der Waals surface area contributed by atoms with E-state index in [9.17, 15) is 0 Å². The summed E-state index contributed by atoms with van der Waals surface area (Å²) < 4.78 is 8.13. The molecule has 3 aromatic rings. The Morgan fingerprint density at radius 2 is 1.95 bits per heavy atom. The molecule has 1 atom stereocenters. The SMILES string of the molecule is c1cncc(OC2c3ccccc3-n3cncc32)c1. The van der Waals surface area contributed by atoms with Crippen LogP contribution in [0.15, 0.2) is 61.3 Å². The predicted molar refractivity (Wildman–Crippen MR) is 70.3 cm³/mol. The van der Waals surface area contributed by atoms with E-state index in [1.807, 2.05) is 36.8 Å². The van der Waals surface area contributed by atoms with Crippen molar-refractivity contribution < 1.29 is 4.74 Å². The number of fused-ring (bicyclic) bond motifs is 3. The molecule has 2 aromatic heterocycles. The fourth-order valence-electron chi connectivity index (χ4n) is 2.47. The molecule has 3 heterocycles. The first kappa shape index (κ1) is 10.3. The molecule has 0 aliphatic carbocycles. The molecule has 1 aliphatic rings. The molecule has 1 aliphatic heterocycles. The van der Waals surface area contributed by atoms with Crippen LogP contribution in [0.1, 0.15) is 17.4 Å². The minimum atomic E-state index is -0.122. The number of pyridine rings is 1. The van der Waals surface area contributed by atoms with Gasteiger partial charge in [-0.05, 0) is 18.2 Å². The smallest absolute Gasteiger partial charge is 0.168 e. The second-order valence-electron chi connectivity index (χ2n) is 4.43. The summed E-state index contributed by atoms with van der Waals surface area (Å²) in [5, 5.41) is 0. The summed E-state index contributed by atoms with van der Waals surface area (Å²) >= 11 is 0. The monoisotopic (exact) mass is 249 g/mol. The zero-order valence-corrected chi connectivity index (χ0v) is 10.1. The highest BCUT2D eigenvalue weighted by molar-refractivity contribution is 5.52. The van der Waals surface area contributed by atoms with Crippen molar-refractivity contribution in [1.82, 2.24) is 14.5 Å². The molecule has 0 amide bonds. The highest BCUT2D eigenvalue weighted by Crippen LogP contribution is 2.38. The third kappa shape index (κ3) is 1.53. The van der Waals surface area contributed by atoms with Crippen molar-refractivity contribution >= 4 is 0 Å². The number of ether oxygens (including phenoxy) is 1. The summed E-state index contributed by atoms with van der Waals surface area (Å²) in [6.07, 6.45) is 7.01. The maximum Gasteiger partial charge on any atom is 0.168 e. The largest absolute Gasteiger partial charge is 0.478 e. The minimum absolute atomic E-state index is 0.122. The third-order valence-corrected chi connectivity index (χ3v) is 3.30. The molecular formula is C15H11N3O. The van der Waals surface area contributed by atoms with Gasteiger partial charge < -0.3 is 4.74 Å². The van der Waals surface area contributed by atoms with Gasteiger partial charge in [-0.3, -0.25) is 9.55 Å². The lowest BCUT2D eigenvalue weighted by Gasteiger charge is -2.13. The average Bonchev–Trinajstić information content (AvgIpc) is 3.04. The second kappa shape index (κ2) is 3.95. The summed E-state index contributed by atoms with van der Waals surface area (Å²) in [7, 11) is 0. The first-order chi connectivity index (χ1) is 9.43. The summed E-state index contributed by atoms with van der Waals surface area (Å²) in [6.45, 7) is 0. The lowest BCUT2D eigenvalue weighted by Crippen LogP contribution is -2.06. The third-order valence-electron chi connectivity index (χ3n) is 3.30. The Kier molecular flexibility index (Phi) is 2.14. The fraction of sp³-hybridized carbons (Fsp3) is 0.0667. The lowest BCUT2D eigenvalue weighted by atomic mass is 10.1. The van der Waals surface area contributed by atoms with E-state index in [0.717, 1.165) is 22.7 Å². The lowest BCUT2D eigenvalue weighted by molar-refractivity contribution is 0.247. The van der Waals surface area contributed by atoms with Crippen molar-refractivity contribution in [1.29, 1.82) is 0 Å². The van der Waals surface area contributed by atoms with Crippen molar-refractivity contribution in [2.45, 2.75) is 6.10 Å². The zero-order chi connectivity index (χ0) is 12.7. The standard InChI is InChI=1S/C15H11N3O/c1-2-6-13-12(5-1)15(14-9-17-10-18(13)14)19-11-4-3-7-16-8-11/h1-10,15H. The van der Waals surface area contributed by atoms with Crippen molar-refractivity contribution in [3.8, 4) is 11.4 Å². The van der Waals surface area contributed by atoms with Crippen molar-refractivity contribution in [2.75, 3.05) is 0 Å². The van der Waals surface area contributed by atoms with Crippen LogP contribution < -0.4 is 4.74 Å². The van der Waals surface area contributed by atoms with E-state index >= 15 is 0 Å². The Morgan fingerprint density at radius 1 is 1.00 bits per heavy atom. The van der Waals surface area contributed by atoms with E-state index in [0.29, 0.717) is 0 Å². The van der Waals surface area contributed by atoms with Crippen LogP contribution in [0, 0.1) is 0 Å². The number of rotatable bonds is 2. The van der Waals surface area contributed by atoms with Crippen molar-refractivity contribution in [3.05, 3.63) is 72.6 Å². The number of para-hydroxylation sites is 1. The second-order valence-corrected chi connectivity index (χ2v) is 4.43. The number of aromatic nitrogens is 3. The molecule has 4 heteroatoms. The molecule has 92 valence electrons. The summed E-state index contributed by atoms with van der Waals surface area (Å²) in [6, 6.07) is 12.0. The Hall–Kier alpha value is -2.62. The van der Waals surface area contributed by atoms with Gasteiger partial charge in [-0.2, -0.15) is 0 Å². The molecule has 4 rings (SSSR count). The highest BCUT2D eigenvalue weighted by Gasteiger charge is 2.30. The molecule has 0 fully saturated rings. The molecule has 19 heavy (non-hydrogen) atoms. The summed E-state index contributed by atoms with van der Waals surface area (Å²) in [5.41, 5.74) is 3.33. The first-order valence-corrected chi connectivity index (χ1v) is 6.12. The van der Waals surface area contributed by atoms with Gasteiger partial charge in [0.15, 0.2) is 6.10 Å². The Labute approximate surface area is 110 Å². The van der Waals surface area contributed by atoms with Gasteiger partial charge in [0.05, 0.1) is 30.1 Å². The van der Waals surface area contributed by atoms with E-state index in [2.05, 4.69) is 26.7 Å². The molecule has 0 spiro atoms. The van der Waals surface area contributed by atoms with Gasteiger partial charge in [0.2, 0.25) is 0 Å². The van der Waals surface area contributed by atoms with E-state index in [1.165, 1.54) is 0 Å². The van der Waals surface area contributed by atoms with Crippen LogP contribution in [0.4, 0.5) is 0 Å². The Bertz CT molecular complexity index is 721. The number of imidazole rings is 1. The van der Waals surface area contributed by atoms with Crippen LogP contribution in [0.5, 0.6) is 5.75 Å². The maximum atomic E-state index is 6.06. The van der Waals surface area contributed by atoms with E-state index in [4.69, 9.17) is 4.74 Å². The molecule has 0 radical (unpaired) electrons.